The van der Waals surface area contributed by atoms with Crippen LogP contribution in [0.4, 0.5) is 0 Å². The van der Waals surface area contributed by atoms with Crippen molar-refractivity contribution in [3.8, 4) is 5.75 Å². The van der Waals surface area contributed by atoms with Gasteiger partial charge < -0.3 is 14.2 Å². The summed E-state index contributed by atoms with van der Waals surface area (Å²) in [6, 6.07) is 0.622. The van der Waals surface area contributed by atoms with Gasteiger partial charge >= 0.3 is 5.97 Å². The van der Waals surface area contributed by atoms with E-state index in [0.717, 1.165) is 19.3 Å². The number of nitrogens with zero attached hydrogens (tertiary/aromatic N) is 1. The predicted molar refractivity (Wildman–Crippen MR) is 103 cm³/mol. The Balaban J connectivity index is 2.24. The molecule has 2 rings (SSSR count). The van der Waals surface area contributed by atoms with Gasteiger partial charge in [0.1, 0.15) is 17.4 Å². The number of carbonyl (C=O) groups excluding carboxylic acids is 1. The van der Waals surface area contributed by atoms with E-state index in [4.69, 9.17) is 14.2 Å². The van der Waals surface area contributed by atoms with E-state index >= 15 is 0 Å². The molecule has 1 aliphatic carbocycles. The highest BCUT2D eigenvalue weighted by Gasteiger charge is 2.34. The zero-order valence-corrected chi connectivity index (χ0v) is 17.7. The second-order valence-electron chi connectivity index (χ2n) is 7.93. The number of ether oxygens (including phenoxy) is 3. The molecule has 1 heterocycles. The van der Waals surface area contributed by atoms with Crippen LogP contribution in [0.3, 0.4) is 0 Å². The van der Waals surface area contributed by atoms with Gasteiger partial charge in [-0.2, -0.15) is 0 Å². The molecular formula is C19H28BrNO5. The number of halogens is 1. The second kappa shape index (κ2) is 8.13. The van der Waals surface area contributed by atoms with Gasteiger partial charge in [-0.3, -0.25) is 9.36 Å². The third-order valence-corrected chi connectivity index (χ3v) is 5.10. The van der Waals surface area contributed by atoms with Gasteiger partial charge in [-0.15, -0.1) is 0 Å². The summed E-state index contributed by atoms with van der Waals surface area (Å²) >= 11 is 3.29. The molecule has 0 radical (unpaired) electrons. The number of esters is 1. The number of hydrogen-bond donors (Lipinski definition) is 0. The Bertz CT molecular complexity index is 703. The lowest BCUT2D eigenvalue weighted by Crippen LogP contribution is -2.39. The lowest BCUT2D eigenvalue weighted by atomic mass is 9.82. The number of hydrogen-bond acceptors (Lipinski definition) is 5. The Morgan fingerprint density at radius 3 is 2.54 bits per heavy atom. The van der Waals surface area contributed by atoms with E-state index in [1.54, 1.807) is 20.8 Å². The molecule has 1 atom stereocenters. The maximum atomic E-state index is 12.7. The van der Waals surface area contributed by atoms with E-state index in [2.05, 4.69) is 22.9 Å². The monoisotopic (exact) mass is 429 g/mol. The molecule has 0 amide bonds. The molecule has 0 bridgehead atoms. The van der Waals surface area contributed by atoms with E-state index in [1.165, 1.54) is 23.9 Å². The summed E-state index contributed by atoms with van der Waals surface area (Å²) in [5.74, 6) is 0.0244. The molecule has 26 heavy (non-hydrogen) atoms. The third-order valence-electron chi connectivity index (χ3n) is 4.48. The van der Waals surface area contributed by atoms with Gasteiger partial charge in [-0.1, -0.05) is 0 Å². The van der Waals surface area contributed by atoms with Gasteiger partial charge in [0.15, 0.2) is 0 Å². The first-order valence-electron chi connectivity index (χ1n) is 8.87. The maximum Gasteiger partial charge on any atom is 0.329 e. The molecule has 1 aromatic heterocycles. The van der Waals surface area contributed by atoms with Crippen LogP contribution < -0.4 is 10.3 Å². The molecule has 146 valence electrons. The molecule has 0 spiro atoms. The van der Waals surface area contributed by atoms with Crippen LogP contribution in [-0.4, -0.2) is 35.5 Å². The van der Waals surface area contributed by atoms with E-state index in [-0.39, 0.29) is 11.2 Å². The fourth-order valence-electron chi connectivity index (χ4n) is 2.88. The van der Waals surface area contributed by atoms with Gasteiger partial charge in [0.25, 0.3) is 5.56 Å². The number of aromatic nitrogens is 1. The first kappa shape index (κ1) is 21.0. The second-order valence-corrected chi connectivity index (χ2v) is 8.78. The van der Waals surface area contributed by atoms with Crippen LogP contribution in [0, 0.1) is 0 Å². The fraction of sp³-hybridized carbons (Fsp3) is 0.684. The molecule has 6 nitrogen and oxygen atoms in total. The Morgan fingerprint density at radius 2 is 2.04 bits per heavy atom. The predicted octanol–water partition coefficient (Wildman–Crippen LogP) is 3.85. The summed E-state index contributed by atoms with van der Waals surface area (Å²) in [4.78, 5) is 25.2. The topological polar surface area (TPSA) is 66.8 Å². The van der Waals surface area contributed by atoms with E-state index in [0.29, 0.717) is 23.2 Å². The standard InChI is InChI=1S/C19H28BrNO5/c1-18(2,3)26-17(23)14(7-10-25-19(4)8-6-9-19)21-12-15(24-5)13(20)11-16(21)22/h11-12,14H,6-10H2,1-5H3. The highest BCUT2D eigenvalue weighted by Crippen LogP contribution is 2.35. The molecule has 1 aromatic rings. The minimum Gasteiger partial charge on any atom is -0.494 e. The average Bonchev–Trinajstić information content (AvgIpc) is 2.49. The van der Waals surface area contributed by atoms with Crippen LogP contribution in [0.2, 0.25) is 0 Å². The highest BCUT2D eigenvalue weighted by molar-refractivity contribution is 9.10. The van der Waals surface area contributed by atoms with Crippen LogP contribution in [0.15, 0.2) is 21.5 Å². The molecule has 0 N–H and O–H groups in total. The van der Waals surface area contributed by atoms with Crippen LogP contribution >= 0.6 is 15.9 Å². The van der Waals surface area contributed by atoms with Crippen molar-refractivity contribution in [3.63, 3.8) is 0 Å². The van der Waals surface area contributed by atoms with Crippen molar-refractivity contribution in [2.24, 2.45) is 0 Å². The molecule has 1 unspecified atom stereocenters. The molecule has 1 saturated carbocycles. The average molecular weight is 430 g/mol. The lowest BCUT2D eigenvalue weighted by Gasteiger charge is -2.38. The van der Waals surface area contributed by atoms with Gasteiger partial charge in [0.2, 0.25) is 0 Å². The normalized spacial score (nSPS) is 17.3. The van der Waals surface area contributed by atoms with Crippen LogP contribution in [0.25, 0.3) is 0 Å². The molecule has 1 aliphatic rings. The van der Waals surface area contributed by atoms with E-state index < -0.39 is 17.6 Å². The van der Waals surface area contributed by atoms with Crippen LogP contribution in [-0.2, 0) is 14.3 Å². The van der Waals surface area contributed by atoms with Gasteiger partial charge in [-0.25, -0.2) is 4.79 Å². The molecular weight excluding hydrogens is 402 g/mol. The minimum atomic E-state index is -0.771. The highest BCUT2D eigenvalue weighted by atomic mass is 79.9. The summed E-state index contributed by atoms with van der Waals surface area (Å²) in [5.41, 5.74) is -1.05. The van der Waals surface area contributed by atoms with Crippen molar-refractivity contribution in [2.75, 3.05) is 13.7 Å². The first-order valence-corrected chi connectivity index (χ1v) is 9.66. The lowest BCUT2D eigenvalue weighted by molar-refractivity contribution is -0.161. The fourth-order valence-corrected chi connectivity index (χ4v) is 3.34. The third kappa shape index (κ3) is 5.33. The number of methoxy groups -OCH3 is 1. The Hall–Kier alpha value is -1.34. The van der Waals surface area contributed by atoms with Gasteiger partial charge in [0.05, 0.1) is 23.4 Å². The summed E-state index contributed by atoms with van der Waals surface area (Å²) < 4.78 is 18.7. The van der Waals surface area contributed by atoms with Crippen molar-refractivity contribution in [1.29, 1.82) is 0 Å². The number of pyridine rings is 1. The zero-order valence-electron chi connectivity index (χ0n) is 16.1. The molecule has 0 aromatic carbocycles. The molecule has 7 heteroatoms. The van der Waals surface area contributed by atoms with Gasteiger partial charge in [0, 0.05) is 19.1 Å². The van der Waals surface area contributed by atoms with Crippen molar-refractivity contribution in [1.82, 2.24) is 4.57 Å². The van der Waals surface area contributed by atoms with Crippen LogP contribution in [0.1, 0.15) is 59.4 Å². The Morgan fingerprint density at radius 1 is 1.38 bits per heavy atom. The maximum absolute atomic E-state index is 12.7. The minimum absolute atomic E-state index is 0.110. The number of carbonyl (C=O) groups is 1. The summed E-state index contributed by atoms with van der Waals surface area (Å²) in [6.07, 6.45) is 5.10. The molecule has 0 saturated heterocycles. The van der Waals surface area contributed by atoms with Crippen molar-refractivity contribution in [2.45, 2.75) is 70.6 Å². The molecule has 1 fully saturated rings. The van der Waals surface area contributed by atoms with Crippen molar-refractivity contribution < 1.29 is 19.0 Å². The quantitative estimate of drug-likeness (QED) is 0.615. The smallest absolute Gasteiger partial charge is 0.329 e. The number of rotatable bonds is 7. The van der Waals surface area contributed by atoms with Gasteiger partial charge in [-0.05, 0) is 62.9 Å². The SMILES string of the molecule is COc1cn(C(CCOC2(C)CCC2)C(=O)OC(C)(C)C)c(=O)cc1Br. The van der Waals surface area contributed by atoms with E-state index in [9.17, 15) is 9.59 Å². The first-order chi connectivity index (χ1) is 12.0. The summed E-state index contributed by atoms with van der Waals surface area (Å²) in [6.45, 7) is 7.87. The van der Waals surface area contributed by atoms with E-state index in [1.807, 2.05) is 0 Å². The Kier molecular flexibility index (Phi) is 6.55. The summed E-state index contributed by atoms with van der Waals surface area (Å²) in [5, 5.41) is 0. The molecule has 0 aliphatic heterocycles. The van der Waals surface area contributed by atoms with Crippen molar-refractivity contribution >= 4 is 21.9 Å². The zero-order chi connectivity index (χ0) is 19.5. The Labute approximate surface area is 162 Å². The van der Waals surface area contributed by atoms with Crippen LogP contribution in [0.5, 0.6) is 5.75 Å². The largest absolute Gasteiger partial charge is 0.494 e. The van der Waals surface area contributed by atoms with Crippen molar-refractivity contribution in [3.05, 3.63) is 27.1 Å². The summed E-state index contributed by atoms with van der Waals surface area (Å²) in [7, 11) is 1.51.